The molecular weight excluding hydrogens is 337 g/mol. The Morgan fingerprint density at radius 2 is 1.81 bits per heavy atom. The Bertz CT molecular complexity index is 853. The van der Waals surface area contributed by atoms with Gasteiger partial charge >= 0.3 is 0 Å². The molecule has 0 saturated carbocycles. The third-order valence-electron chi connectivity index (χ3n) is 4.07. The number of fused-ring (bicyclic) bond motifs is 1. The van der Waals surface area contributed by atoms with E-state index in [-0.39, 0.29) is 49.5 Å². The average molecular weight is 355 g/mol. The van der Waals surface area contributed by atoms with Gasteiger partial charge in [0.25, 0.3) is 0 Å². The molecule has 0 aromatic heterocycles. The molecule has 26 heavy (non-hydrogen) atoms. The summed E-state index contributed by atoms with van der Waals surface area (Å²) >= 11 is 0. The number of anilines is 2. The third kappa shape index (κ3) is 4.05. The number of amides is 3. The summed E-state index contributed by atoms with van der Waals surface area (Å²) in [6, 6.07) is 13.2. The number of nitrogens with one attached hydrogen (secondary N) is 2. The maximum atomic E-state index is 13.5. The van der Waals surface area contributed by atoms with Crippen LogP contribution in [0, 0.1) is 5.82 Å². The summed E-state index contributed by atoms with van der Waals surface area (Å²) < 4.78 is 13.5. The predicted octanol–water partition coefficient (Wildman–Crippen LogP) is 2.21. The minimum Gasteiger partial charge on any atom is -0.352 e. The van der Waals surface area contributed by atoms with Crippen molar-refractivity contribution in [2.75, 3.05) is 16.8 Å². The summed E-state index contributed by atoms with van der Waals surface area (Å²) in [5.74, 6) is -1.33. The summed E-state index contributed by atoms with van der Waals surface area (Å²) in [5, 5.41) is 5.30. The van der Waals surface area contributed by atoms with Crippen LogP contribution in [0.1, 0.15) is 18.4 Å². The van der Waals surface area contributed by atoms with Crippen LogP contribution in [0.4, 0.5) is 15.8 Å². The molecule has 0 atom stereocenters. The molecule has 3 rings (SSSR count). The molecular formula is C19H18FN3O3. The van der Waals surface area contributed by atoms with Crippen molar-refractivity contribution in [3.05, 3.63) is 59.9 Å². The van der Waals surface area contributed by atoms with E-state index in [1.165, 1.54) is 11.0 Å². The topological polar surface area (TPSA) is 78.5 Å². The van der Waals surface area contributed by atoms with Crippen LogP contribution in [-0.2, 0) is 20.9 Å². The highest BCUT2D eigenvalue weighted by Crippen LogP contribution is 2.29. The van der Waals surface area contributed by atoms with Crippen LogP contribution in [0.15, 0.2) is 48.5 Å². The largest absolute Gasteiger partial charge is 0.352 e. The van der Waals surface area contributed by atoms with Gasteiger partial charge in [-0.05, 0) is 18.2 Å². The van der Waals surface area contributed by atoms with E-state index in [0.29, 0.717) is 16.9 Å². The molecule has 2 aromatic rings. The fourth-order valence-electron chi connectivity index (χ4n) is 2.74. The van der Waals surface area contributed by atoms with E-state index in [1.54, 1.807) is 42.5 Å². The maximum Gasteiger partial charge on any atom is 0.244 e. The third-order valence-corrected chi connectivity index (χ3v) is 4.07. The van der Waals surface area contributed by atoms with Crippen LogP contribution in [0.3, 0.4) is 0 Å². The molecule has 0 radical (unpaired) electrons. The van der Waals surface area contributed by atoms with Crippen LogP contribution in [-0.4, -0.2) is 24.3 Å². The summed E-state index contributed by atoms with van der Waals surface area (Å²) in [6.07, 6.45) is -0.0711. The zero-order valence-corrected chi connectivity index (χ0v) is 14.0. The van der Waals surface area contributed by atoms with Gasteiger partial charge in [-0.2, -0.15) is 0 Å². The maximum absolute atomic E-state index is 13.5. The van der Waals surface area contributed by atoms with E-state index in [9.17, 15) is 18.8 Å². The fraction of sp³-hybridized carbons (Fsp3) is 0.211. The van der Waals surface area contributed by atoms with Crippen molar-refractivity contribution in [1.82, 2.24) is 5.32 Å². The number of carbonyl (C=O) groups is 3. The zero-order valence-electron chi connectivity index (χ0n) is 14.0. The minimum absolute atomic E-state index is 0.0342. The summed E-state index contributed by atoms with van der Waals surface area (Å²) in [6.45, 7) is -0.0126. The number of nitrogens with zero attached hydrogens (tertiary/aromatic N) is 1. The van der Waals surface area contributed by atoms with E-state index in [0.717, 1.165) is 0 Å². The molecule has 2 aromatic carbocycles. The Morgan fingerprint density at radius 3 is 2.62 bits per heavy atom. The van der Waals surface area contributed by atoms with Crippen LogP contribution in [0.25, 0.3) is 0 Å². The average Bonchev–Trinajstić information content (AvgIpc) is 2.64. The van der Waals surface area contributed by atoms with Gasteiger partial charge in [0.2, 0.25) is 17.7 Å². The van der Waals surface area contributed by atoms with E-state index >= 15 is 0 Å². The van der Waals surface area contributed by atoms with Crippen molar-refractivity contribution in [2.45, 2.75) is 19.4 Å². The summed E-state index contributed by atoms with van der Waals surface area (Å²) in [5.41, 5.74) is 1.57. The fourth-order valence-corrected chi connectivity index (χ4v) is 2.74. The monoisotopic (exact) mass is 355 g/mol. The Hall–Kier alpha value is -3.22. The smallest absolute Gasteiger partial charge is 0.244 e. The van der Waals surface area contributed by atoms with Gasteiger partial charge in [0, 0.05) is 24.9 Å². The molecule has 1 aliphatic heterocycles. The lowest BCUT2D eigenvalue weighted by Gasteiger charge is -2.29. The van der Waals surface area contributed by atoms with Crippen molar-refractivity contribution in [1.29, 1.82) is 0 Å². The highest BCUT2D eigenvalue weighted by atomic mass is 19.1. The lowest BCUT2D eigenvalue weighted by Crippen LogP contribution is -2.42. The molecule has 1 heterocycles. The van der Waals surface area contributed by atoms with Gasteiger partial charge in [-0.1, -0.05) is 30.3 Å². The van der Waals surface area contributed by atoms with Gasteiger partial charge in [-0.3, -0.25) is 14.4 Å². The lowest BCUT2D eigenvalue weighted by atomic mass is 10.1. The highest BCUT2D eigenvalue weighted by molar-refractivity contribution is 6.10. The molecule has 7 heteroatoms. The SMILES string of the molecule is O=C(CCC(=O)N1CC(=O)Nc2ccccc21)NCc1ccccc1F. The molecule has 0 saturated heterocycles. The molecule has 0 fully saturated rings. The lowest BCUT2D eigenvalue weighted by molar-refractivity contribution is -0.125. The number of benzene rings is 2. The Labute approximate surface area is 150 Å². The van der Waals surface area contributed by atoms with Crippen LogP contribution in [0.2, 0.25) is 0 Å². The Kier molecular flexibility index (Phi) is 5.26. The minimum atomic E-state index is -0.389. The van der Waals surface area contributed by atoms with Gasteiger partial charge in [-0.25, -0.2) is 4.39 Å². The second-order valence-electron chi connectivity index (χ2n) is 5.91. The van der Waals surface area contributed by atoms with Crippen molar-refractivity contribution in [3.8, 4) is 0 Å². The van der Waals surface area contributed by atoms with Crippen LogP contribution < -0.4 is 15.5 Å². The van der Waals surface area contributed by atoms with E-state index in [2.05, 4.69) is 10.6 Å². The normalized spacial score (nSPS) is 13.0. The first kappa shape index (κ1) is 17.6. The van der Waals surface area contributed by atoms with E-state index in [1.807, 2.05) is 0 Å². The van der Waals surface area contributed by atoms with E-state index in [4.69, 9.17) is 0 Å². The number of hydrogen-bond donors (Lipinski definition) is 2. The first-order valence-electron chi connectivity index (χ1n) is 8.24. The van der Waals surface area contributed by atoms with Crippen molar-refractivity contribution in [2.24, 2.45) is 0 Å². The Balaban J connectivity index is 1.55. The number of halogens is 1. The number of para-hydroxylation sites is 2. The molecule has 0 spiro atoms. The van der Waals surface area contributed by atoms with Crippen molar-refractivity contribution >= 4 is 29.1 Å². The first-order valence-corrected chi connectivity index (χ1v) is 8.24. The predicted molar refractivity (Wildman–Crippen MR) is 94.9 cm³/mol. The molecule has 6 nitrogen and oxygen atoms in total. The van der Waals surface area contributed by atoms with Gasteiger partial charge in [0.05, 0.1) is 11.4 Å². The number of carbonyl (C=O) groups excluding carboxylic acids is 3. The second kappa shape index (κ2) is 7.77. The summed E-state index contributed by atoms with van der Waals surface area (Å²) in [7, 11) is 0. The molecule has 0 bridgehead atoms. The van der Waals surface area contributed by atoms with Gasteiger partial charge in [-0.15, -0.1) is 0 Å². The van der Waals surface area contributed by atoms with Gasteiger partial charge in [0.1, 0.15) is 12.4 Å². The van der Waals surface area contributed by atoms with Crippen LogP contribution in [0.5, 0.6) is 0 Å². The number of rotatable bonds is 5. The quantitative estimate of drug-likeness (QED) is 0.863. The number of hydrogen-bond acceptors (Lipinski definition) is 3. The van der Waals surface area contributed by atoms with Gasteiger partial charge in [0.15, 0.2) is 0 Å². The molecule has 3 amide bonds. The zero-order chi connectivity index (χ0) is 18.5. The Morgan fingerprint density at radius 1 is 1.08 bits per heavy atom. The summed E-state index contributed by atoms with van der Waals surface area (Å²) in [4.78, 5) is 37.5. The van der Waals surface area contributed by atoms with Gasteiger partial charge < -0.3 is 15.5 Å². The van der Waals surface area contributed by atoms with Crippen LogP contribution >= 0.6 is 0 Å². The highest BCUT2D eigenvalue weighted by Gasteiger charge is 2.26. The molecule has 1 aliphatic rings. The second-order valence-corrected chi connectivity index (χ2v) is 5.91. The van der Waals surface area contributed by atoms with Crippen molar-refractivity contribution in [3.63, 3.8) is 0 Å². The molecule has 0 aliphatic carbocycles. The van der Waals surface area contributed by atoms with E-state index < -0.39 is 0 Å². The standard InChI is InChI=1S/C19H18FN3O3/c20-14-6-2-1-5-13(14)11-21-17(24)9-10-19(26)23-12-18(25)22-15-7-3-4-8-16(15)23/h1-8H,9-12H2,(H,21,24)(H,22,25). The molecule has 2 N–H and O–H groups in total. The van der Waals surface area contributed by atoms with Crippen molar-refractivity contribution < 1.29 is 18.8 Å². The molecule has 134 valence electrons. The molecule has 0 unspecified atom stereocenters. The first-order chi connectivity index (χ1) is 12.5.